The van der Waals surface area contributed by atoms with Crippen LogP contribution >= 0.6 is 0 Å². The topological polar surface area (TPSA) is 69.2 Å². The Labute approximate surface area is 119 Å². The molecule has 5 nitrogen and oxygen atoms in total. The molecule has 1 amide bonds. The Bertz CT molecular complexity index is 700. The van der Waals surface area contributed by atoms with Crippen molar-refractivity contribution in [1.29, 1.82) is 0 Å². The van der Waals surface area contributed by atoms with E-state index in [9.17, 15) is 13.6 Å². The number of aromatic amines is 1. The molecular weight excluding hydrogens is 280 g/mol. The van der Waals surface area contributed by atoms with E-state index >= 15 is 0 Å². The van der Waals surface area contributed by atoms with E-state index in [2.05, 4.69) is 9.97 Å². The largest absolute Gasteiger partial charge is 0.387 e. The zero-order chi connectivity index (χ0) is 15.0. The molecule has 0 fully saturated rings. The van der Waals surface area contributed by atoms with Crippen molar-refractivity contribution in [2.75, 3.05) is 13.2 Å². The highest BCUT2D eigenvalue weighted by Gasteiger charge is 2.24. The highest BCUT2D eigenvalue weighted by Crippen LogP contribution is 2.25. The van der Waals surface area contributed by atoms with E-state index in [-0.39, 0.29) is 11.5 Å². The summed E-state index contributed by atoms with van der Waals surface area (Å²) in [5.41, 5.74) is 1.66. The number of amides is 1. The molecule has 0 aliphatic carbocycles. The van der Waals surface area contributed by atoms with Gasteiger partial charge in [-0.25, -0.2) is 13.8 Å². The summed E-state index contributed by atoms with van der Waals surface area (Å²) < 4.78 is 26.7. The van der Waals surface area contributed by atoms with E-state index in [1.54, 1.807) is 0 Å². The van der Waals surface area contributed by atoms with Gasteiger partial charge in [-0.2, -0.15) is 0 Å². The molecule has 1 aromatic heterocycles. The van der Waals surface area contributed by atoms with E-state index in [0.29, 0.717) is 31.0 Å². The Morgan fingerprint density at radius 2 is 2.24 bits per heavy atom. The van der Waals surface area contributed by atoms with Gasteiger partial charge in [0.1, 0.15) is 24.1 Å². The predicted molar refractivity (Wildman–Crippen MR) is 70.1 cm³/mol. The number of nitrogens with zero attached hydrogens (tertiary/aromatic N) is 2. The molecule has 1 aliphatic rings. The molecule has 3 rings (SSSR count). The minimum atomic E-state index is -0.690. The first-order valence-corrected chi connectivity index (χ1v) is 6.50. The summed E-state index contributed by atoms with van der Waals surface area (Å²) in [5, 5.41) is 8.88. The van der Waals surface area contributed by atoms with Crippen LogP contribution in [0.3, 0.4) is 0 Å². The average Bonchev–Trinajstić information content (AvgIpc) is 2.88. The molecule has 2 aromatic rings. The number of hydrogen-bond donors (Lipinski definition) is 2. The number of aliphatic hydroxyl groups excluding tert-OH is 1. The van der Waals surface area contributed by atoms with Crippen LogP contribution in [0.2, 0.25) is 0 Å². The molecular formula is C14H13F2N3O2. The number of benzene rings is 1. The Morgan fingerprint density at radius 3 is 2.95 bits per heavy atom. The van der Waals surface area contributed by atoms with Crippen LogP contribution in [0.15, 0.2) is 18.2 Å². The first-order chi connectivity index (χ1) is 10.1. The van der Waals surface area contributed by atoms with Crippen LogP contribution in [0, 0.1) is 11.6 Å². The fourth-order valence-electron chi connectivity index (χ4n) is 2.42. The number of rotatable bonds is 2. The number of aliphatic hydroxyl groups is 1. The van der Waals surface area contributed by atoms with Crippen molar-refractivity contribution in [2.24, 2.45) is 0 Å². The number of nitrogens with one attached hydrogen (secondary N) is 1. The lowest BCUT2D eigenvalue weighted by atomic mass is 10.1. The van der Waals surface area contributed by atoms with Crippen molar-refractivity contribution in [1.82, 2.24) is 14.9 Å². The summed E-state index contributed by atoms with van der Waals surface area (Å²) in [6.07, 6.45) is 0.528. The fraction of sp³-hybridized carbons (Fsp3) is 0.286. The Balaban J connectivity index is 1.91. The molecule has 0 bridgehead atoms. The van der Waals surface area contributed by atoms with E-state index in [1.807, 2.05) is 0 Å². The van der Waals surface area contributed by atoms with Crippen LogP contribution in [0.4, 0.5) is 8.78 Å². The maximum absolute atomic E-state index is 13.8. The molecule has 0 spiro atoms. The number of halogens is 2. The third kappa shape index (κ3) is 2.52. The van der Waals surface area contributed by atoms with Gasteiger partial charge in [-0.1, -0.05) is 0 Å². The van der Waals surface area contributed by atoms with Crippen molar-refractivity contribution in [3.8, 4) is 11.4 Å². The van der Waals surface area contributed by atoms with Crippen LogP contribution in [0.5, 0.6) is 0 Å². The lowest BCUT2D eigenvalue weighted by molar-refractivity contribution is -0.135. The van der Waals surface area contributed by atoms with Crippen LogP contribution in [0.25, 0.3) is 11.4 Å². The van der Waals surface area contributed by atoms with Gasteiger partial charge in [0.05, 0.1) is 23.5 Å². The van der Waals surface area contributed by atoms with Gasteiger partial charge in [-0.3, -0.25) is 4.79 Å². The van der Waals surface area contributed by atoms with Crippen LogP contribution in [-0.2, 0) is 17.8 Å². The van der Waals surface area contributed by atoms with E-state index < -0.39 is 18.2 Å². The summed E-state index contributed by atoms with van der Waals surface area (Å²) >= 11 is 0. The van der Waals surface area contributed by atoms with E-state index in [4.69, 9.17) is 5.11 Å². The van der Waals surface area contributed by atoms with Crippen molar-refractivity contribution in [3.05, 3.63) is 41.2 Å². The zero-order valence-corrected chi connectivity index (χ0v) is 11.1. The molecule has 21 heavy (non-hydrogen) atoms. The number of carbonyl (C=O) groups excluding carboxylic acids is 1. The van der Waals surface area contributed by atoms with Crippen molar-refractivity contribution in [3.63, 3.8) is 0 Å². The van der Waals surface area contributed by atoms with E-state index in [0.717, 1.165) is 11.8 Å². The molecule has 0 unspecified atom stereocenters. The Kier molecular flexibility index (Phi) is 3.42. The summed E-state index contributed by atoms with van der Waals surface area (Å²) in [7, 11) is 0. The van der Waals surface area contributed by atoms with Gasteiger partial charge in [0, 0.05) is 19.0 Å². The first-order valence-electron chi connectivity index (χ1n) is 6.50. The molecule has 0 saturated heterocycles. The van der Waals surface area contributed by atoms with Gasteiger partial charge in [0.25, 0.3) is 0 Å². The second-order valence-corrected chi connectivity index (χ2v) is 4.86. The van der Waals surface area contributed by atoms with Gasteiger partial charge in [-0.05, 0) is 12.1 Å². The van der Waals surface area contributed by atoms with Crippen molar-refractivity contribution >= 4 is 5.91 Å². The smallest absolute Gasteiger partial charge is 0.248 e. The van der Waals surface area contributed by atoms with Gasteiger partial charge in [0.15, 0.2) is 0 Å². The lowest BCUT2D eigenvalue weighted by Crippen LogP contribution is -2.37. The molecule has 0 atom stereocenters. The maximum atomic E-state index is 13.8. The quantitative estimate of drug-likeness (QED) is 0.875. The minimum Gasteiger partial charge on any atom is -0.387 e. The van der Waals surface area contributed by atoms with Crippen molar-refractivity contribution < 1.29 is 18.7 Å². The molecule has 1 aliphatic heterocycles. The number of H-pyrrole nitrogens is 1. The molecule has 2 N–H and O–H groups in total. The maximum Gasteiger partial charge on any atom is 0.248 e. The molecule has 0 saturated carbocycles. The molecule has 2 heterocycles. The third-order valence-corrected chi connectivity index (χ3v) is 3.51. The molecule has 7 heteroatoms. The minimum absolute atomic E-state index is 0.186. The van der Waals surface area contributed by atoms with E-state index in [1.165, 1.54) is 17.0 Å². The third-order valence-electron chi connectivity index (χ3n) is 3.51. The zero-order valence-electron chi connectivity index (χ0n) is 11.1. The predicted octanol–water partition coefficient (Wildman–Crippen LogP) is 1.23. The summed E-state index contributed by atoms with van der Waals surface area (Å²) in [6.45, 7) is 0.218. The van der Waals surface area contributed by atoms with Gasteiger partial charge in [-0.15, -0.1) is 0 Å². The van der Waals surface area contributed by atoms with Crippen LogP contribution in [0.1, 0.15) is 11.4 Å². The SMILES string of the molecule is O=C(CO)N1CCc2nc(-c3ccc(F)cc3F)[nH]c2C1. The summed E-state index contributed by atoms with van der Waals surface area (Å²) in [6, 6.07) is 3.30. The van der Waals surface area contributed by atoms with Gasteiger partial charge >= 0.3 is 0 Å². The van der Waals surface area contributed by atoms with Crippen molar-refractivity contribution in [2.45, 2.75) is 13.0 Å². The highest BCUT2D eigenvalue weighted by molar-refractivity contribution is 5.77. The number of hydrogen-bond acceptors (Lipinski definition) is 3. The van der Waals surface area contributed by atoms with Crippen LogP contribution in [-0.4, -0.2) is 39.0 Å². The number of imidazole rings is 1. The fourth-order valence-corrected chi connectivity index (χ4v) is 2.42. The number of carbonyl (C=O) groups is 1. The standard InChI is InChI=1S/C14H13F2N3O2/c15-8-1-2-9(10(16)5-8)14-17-11-3-4-19(13(21)7-20)6-12(11)18-14/h1-2,5,20H,3-4,6-7H2,(H,17,18). The Hall–Kier alpha value is -2.28. The first kappa shape index (κ1) is 13.7. The summed E-state index contributed by atoms with van der Waals surface area (Å²) in [4.78, 5) is 20.3. The number of aromatic nitrogens is 2. The average molecular weight is 293 g/mol. The monoisotopic (exact) mass is 293 g/mol. The highest BCUT2D eigenvalue weighted by atomic mass is 19.1. The molecule has 1 aromatic carbocycles. The molecule has 110 valence electrons. The van der Waals surface area contributed by atoms with Gasteiger partial charge in [0.2, 0.25) is 5.91 Å². The second-order valence-electron chi connectivity index (χ2n) is 4.86. The number of fused-ring (bicyclic) bond motifs is 1. The normalized spacial score (nSPS) is 14.1. The second kappa shape index (κ2) is 5.25. The van der Waals surface area contributed by atoms with Gasteiger partial charge < -0.3 is 15.0 Å². The van der Waals surface area contributed by atoms with Crippen LogP contribution < -0.4 is 0 Å². The summed E-state index contributed by atoms with van der Waals surface area (Å²) in [5.74, 6) is -1.38. The lowest BCUT2D eigenvalue weighted by Gasteiger charge is -2.25. The Morgan fingerprint density at radius 1 is 1.43 bits per heavy atom. The molecule has 0 radical (unpaired) electrons.